The number of hydrogen-bond donors (Lipinski definition) is 2. The number of rotatable bonds is 4. The van der Waals surface area contributed by atoms with Gasteiger partial charge in [0.15, 0.2) is 0 Å². The molecule has 0 bridgehead atoms. The summed E-state index contributed by atoms with van der Waals surface area (Å²) < 4.78 is 64.7. The topological polar surface area (TPSA) is 41.1 Å². The molecule has 8 heteroatoms. The van der Waals surface area contributed by atoms with Gasteiger partial charge in [0.25, 0.3) is 5.92 Å². The van der Waals surface area contributed by atoms with Crippen LogP contribution in [0.3, 0.4) is 0 Å². The van der Waals surface area contributed by atoms with Gasteiger partial charge in [-0.05, 0) is 24.5 Å². The van der Waals surface area contributed by atoms with Crippen molar-refractivity contribution in [2.45, 2.75) is 42.8 Å². The maximum atomic E-state index is 13.1. The number of hydrogen-bond acceptors (Lipinski definition) is 2. The molecule has 1 aliphatic carbocycles. The fourth-order valence-corrected chi connectivity index (χ4v) is 3.02. The SMILES string of the molecule is O=C(NCC1(c2cccc(C(F)(F)F)c2)CC1)C1CC(F)(F)CN1. The molecule has 0 aromatic heterocycles. The highest BCUT2D eigenvalue weighted by Crippen LogP contribution is 2.48. The van der Waals surface area contributed by atoms with Gasteiger partial charge < -0.3 is 5.32 Å². The Bertz CT molecular complexity index is 640. The van der Waals surface area contributed by atoms with Crippen LogP contribution in [0.2, 0.25) is 0 Å². The maximum Gasteiger partial charge on any atom is 0.416 e. The average Bonchev–Trinajstić information content (AvgIpc) is 3.21. The monoisotopic (exact) mass is 348 g/mol. The molecule has 0 spiro atoms. The highest BCUT2D eigenvalue weighted by molar-refractivity contribution is 5.82. The van der Waals surface area contributed by atoms with Crippen LogP contribution in [0.4, 0.5) is 22.0 Å². The summed E-state index contributed by atoms with van der Waals surface area (Å²) in [4.78, 5) is 12.0. The van der Waals surface area contributed by atoms with Crippen LogP contribution >= 0.6 is 0 Å². The van der Waals surface area contributed by atoms with E-state index in [4.69, 9.17) is 0 Å². The van der Waals surface area contributed by atoms with E-state index < -0.39 is 48.0 Å². The van der Waals surface area contributed by atoms with E-state index in [9.17, 15) is 26.7 Å². The first-order valence-corrected chi connectivity index (χ1v) is 7.68. The lowest BCUT2D eigenvalue weighted by Crippen LogP contribution is -2.43. The zero-order valence-corrected chi connectivity index (χ0v) is 12.7. The summed E-state index contributed by atoms with van der Waals surface area (Å²) in [6.07, 6.45) is -3.67. The highest BCUT2D eigenvalue weighted by atomic mass is 19.4. The third kappa shape index (κ3) is 3.53. The molecule has 1 heterocycles. The number of alkyl halides is 5. The first kappa shape index (κ1) is 17.1. The lowest BCUT2D eigenvalue weighted by atomic mass is 9.94. The summed E-state index contributed by atoms with van der Waals surface area (Å²) in [5.74, 6) is -3.44. The Balaban J connectivity index is 1.64. The van der Waals surface area contributed by atoms with Gasteiger partial charge in [0.1, 0.15) is 0 Å². The number of nitrogens with one attached hydrogen (secondary N) is 2. The molecule has 2 N–H and O–H groups in total. The van der Waals surface area contributed by atoms with Crippen LogP contribution in [-0.2, 0) is 16.4 Å². The number of halogens is 5. The van der Waals surface area contributed by atoms with E-state index in [-0.39, 0.29) is 6.54 Å². The van der Waals surface area contributed by atoms with Gasteiger partial charge in [0, 0.05) is 18.4 Å². The van der Waals surface area contributed by atoms with Crippen molar-refractivity contribution in [3.05, 3.63) is 35.4 Å². The molecule has 24 heavy (non-hydrogen) atoms. The van der Waals surface area contributed by atoms with Crippen LogP contribution in [0.15, 0.2) is 24.3 Å². The Hall–Kier alpha value is -1.70. The van der Waals surface area contributed by atoms with E-state index in [1.54, 1.807) is 6.07 Å². The van der Waals surface area contributed by atoms with Crippen molar-refractivity contribution in [3.8, 4) is 0 Å². The fourth-order valence-electron chi connectivity index (χ4n) is 3.02. The highest BCUT2D eigenvalue weighted by Gasteiger charge is 2.47. The zero-order chi connectivity index (χ0) is 17.6. The first-order chi connectivity index (χ1) is 11.1. The Morgan fingerprint density at radius 1 is 1.29 bits per heavy atom. The summed E-state index contributed by atoms with van der Waals surface area (Å²) in [5, 5.41) is 5.07. The first-order valence-electron chi connectivity index (χ1n) is 7.68. The minimum atomic E-state index is -4.42. The summed E-state index contributed by atoms with van der Waals surface area (Å²) in [6, 6.07) is 4.09. The van der Waals surface area contributed by atoms with Crippen molar-refractivity contribution in [1.82, 2.24) is 10.6 Å². The van der Waals surface area contributed by atoms with Crippen LogP contribution in [0, 0.1) is 0 Å². The van der Waals surface area contributed by atoms with Gasteiger partial charge in [-0.2, -0.15) is 13.2 Å². The van der Waals surface area contributed by atoms with E-state index in [1.807, 2.05) is 0 Å². The molecule has 2 fully saturated rings. The van der Waals surface area contributed by atoms with E-state index in [1.165, 1.54) is 6.07 Å². The second kappa shape index (κ2) is 5.68. The van der Waals surface area contributed by atoms with Crippen molar-refractivity contribution >= 4 is 5.91 Å². The summed E-state index contributed by atoms with van der Waals surface area (Å²) in [7, 11) is 0. The van der Waals surface area contributed by atoms with Crippen molar-refractivity contribution in [2.75, 3.05) is 13.1 Å². The summed E-state index contributed by atoms with van der Waals surface area (Å²) >= 11 is 0. The molecule has 1 atom stereocenters. The Morgan fingerprint density at radius 2 is 2.00 bits per heavy atom. The molecule has 1 amide bonds. The van der Waals surface area contributed by atoms with E-state index in [0.717, 1.165) is 12.1 Å². The quantitative estimate of drug-likeness (QED) is 0.822. The molecule has 3 rings (SSSR count). The van der Waals surface area contributed by atoms with Crippen LogP contribution in [0.5, 0.6) is 0 Å². The molecule has 1 aromatic carbocycles. The Labute approximate surface area is 135 Å². The predicted octanol–water partition coefficient (Wildman–Crippen LogP) is 2.85. The fraction of sp³-hybridized carbons (Fsp3) is 0.562. The molecule has 3 nitrogen and oxygen atoms in total. The molecule has 1 unspecified atom stereocenters. The van der Waals surface area contributed by atoms with Crippen LogP contribution < -0.4 is 10.6 Å². The largest absolute Gasteiger partial charge is 0.416 e. The molecule has 132 valence electrons. The minimum Gasteiger partial charge on any atom is -0.354 e. The second-order valence-corrected chi connectivity index (χ2v) is 6.57. The van der Waals surface area contributed by atoms with Crippen LogP contribution in [0.25, 0.3) is 0 Å². The molecule has 0 radical (unpaired) electrons. The number of amides is 1. The third-order valence-corrected chi connectivity index (χ3v) is 4.68. The van der Waals surface area contributed by atoms with E-state index >= 15 is 0 Å². The van der Waals surface area contributed by atoms with Gasteiger partial charge in [0.05, 0.1) is 18.2 Å². The molecule has 1 aliphatic heterocycles. The van der Waals surface area contributed by atoms with Gasteiger partial charge in [-0.25, -0.2) is 8.78 Å². The summed E-state index contributed by atoms with van der Waals surface area (Å²) in [5.41, 5.74) is -0.741. The zero-order valence-electron chi connectivity index (χ0n) is 12.7. The summed E-state index contributed by atoms with van der Waals surface area (Å²) in [6.45, 7) is -0.388. The smallest absolute Gasteiger partial charge is 0.354 e. The van der Waals surface area contributed by atoms with Gasteiger partial charge in [-0.3, -0.25) is 10.1 Å². The number of benzene rings is 1. The van der Waals surface area contributed by atoms with Gasteiger partial charge in [-0.1, -0.05) is 18.2 Å². The van der Waals surface area contributed by atoms with Crippen molar-refractivity contribution in [1.29, 1.82) is 0 Å². The van der Waals surface area contributed by atoms with Crippen molar-refractivity contribution < 1.29 is 26.7 Å². The maximum absolute atomic E-state index is 13.1. The third-order valence-electron chi connectivity index (χ3n) is 4.68. The Kier molecular flexibility index (Phi) is 4.06. The minimum absolute atomic E-state index is 0.150. The predicted molar refractivity (Wildman–Crippen MR) is 76.7 cm³/mol. The van der Waals surface area contributed by atoms with Gasteiger partial charge in [-0.15, -0.1) is 0 Å². The van der Waals surface area contributed by atoms with Gasteiger partial charge >= 0.3 is 6.18 Å². The molecule has 1 saturated heterocycles. The standard InChI is InChI=1S/C16H17F5N2O/c17-15(18)7-12(22-9-15)13(24)23-8-14(4-5-14)10-2-1-3-11(6-10)16(19,20)21/h1-3,6,12,22H,4-5,7-9H2,(H,23,24). The molecular weight excluding hydrogens is 331 g/mol. The molecule has 1 saturated carbocycles. The number of carbonyl (C=O) groups excluding carboxylic acids is 1. The van der Waals surface area contributed by atoms with Crippen LogP contribution in [-0.4, -0.2) is 31.0 Å². The normalized spacial score (nSPS) is 24.6. The van der Waals surface area contributed by atoms with Gasteiger partial charge in [0.2, 0.25) is 5.91 Å². The van der Waals surface area contributed by atoms with Crippen molar-refractivity contribution in [2.24, 2.45) is 0 Å². The van der Waals surface area contributed by atoms with E-state index in [0.29, 0.717) is 18.4 Å². The Morgan fingerprint density at radius 3 is 2.54 bits per heavy atom. The molecular formula is C16H17F5N2O. The van der Waals surface area contributed by atoms with Crippen LogP contribution in [0.1, 0.15) is 30.4 Å². The lowest BCUT2D eigenvalue weighted by Gasteiger charge is -2.19. The van der Waals surface area contributed by atoms with E-state index in [2.05, 4.69) is 10.6 Å². The average molecular weight is 348 g/mol. The molecule has 2 aliphatic rings. The number of carbonyl (C=O) groups is 1. The second-order valence-electron chi connectivity index (χ2n) is 6.57. The molecule has 1 aromatic rings. The lowest BCUT2D eigenvalue weighted by molar-refractivity contribution is -0.137. The van der Waals surface area contributed by atoms with Crippen molar-refractivity contribution in [3.63, 3.8) is 0 Å².